The van der Waals surface area contributed by atoms with Crippen molar-refractivity contribution in [2.75, 3.05) is 30.9 Å². The number of amides is 1. The molecule has 2 aromatic rings. The van der Waals surface area contributed by atoms with E-state index in [1.807, 2.05) is 13.1 Å². The quantitative estimate of drug-likeness (QED) is 0.849. The fraction of sp³-hybridized carbons (Fsp3) is 0.333. The Labute approximate surface area is 137 Å². The summed E-state index contributed by atoms with van der Waals surface area (Å²) < 4.78 is 5.09. The summed E-state index contributed by atoms with van der Waals surface area (Å²) in [6, 6.07) is 10.9. The van der Waals surface area contributed by atoms with Gasteiger partial charge in [-0.1, -0.05) is 13.3 Å². The molecule has 0 aliphatic heterocycles. The second kappa shape index (κ2) is 8.17. The van der Waals surface area contributed by atoms with E-state index in [2.05, 4.69) is 22.1 Å². The number of benzene rings is 1. The van der Waals surface area contributed by atoms with E-state index in [0.29, 0.717) is 11.4 Å². The summed E-state index contributed by atoms with van der Waals surface area (Å²) in [7, 11) is 3.64. The number of aromatic nitrogens is 1. The van der Waals surface area contributed by atoms with Crippen LogP contribution in [0.3, 0.4) is 0 Å². The lowest BCUT2D eigenvalue weighted by atomic mass is 10.2. The maximum Gasteiger partial charge on any atom is 0.274 e. The normalized spacial score (nSPS) is 10.2. The zero-order valence-corrected chi connectivity index (χ0v) is 13.9. The number of rotatable bonds is 7. The molecule has 0 radical (unpaired) electrons. The van der Waals surface area contributed by atoms with E-state index in [9.17, 15) is 4.79 Å². The summed E-state index contributed by atoms with van der Waals surface area (Å²) in [4.78, 5) is 18.6. The van der Waals surface area contributed by atoms with Crippen LogP contribution in [0.4, 0.5) is 11.4 Å². The lowest BCUT2D eigenvalue weighted by Crippen LogP contribution is -2.19. The molecule has 0 unspecified atom stereocenters. The van der Waals surface area contributed by atoms with Crippen LogP contribution in [-0.2, 0) is 0 Å². The van der Waals surface area contributed by atoms with Gasteiger partial charge in [-0.15, -0.1) is 0 Å². The number of carbonyl (C=O) groups is 1. The van der Waals surface area contributed by atoms with Crippen LogP contribution >= 0.6 is 0 Å². The molecule has 0 aliphatic rings. The van der Waals surface area contributed by atoms with Gasteiger partial charge in [-0.2, -0.15) is 0 Å². The summed E-state index contributed by atoms with van der Waals surface area (Å²) >= 11 is 0. The molecule has 1 aromatic carbocycles. The van der Waals surface area contributed by atoms with Crippen LogP contribution in [0, 0.1) is 0 Å². The Hall–Kier alpha value is -2.56. The second-order valence-electron chi connectivity index (χ2n) is 5.36. The van der Waals surface area contributed by atoms with E-state index in [-0.39, 0.29) is 5.91 Å². The second-order valence-corrected chi connectivity index (χ2v) is 5.36. The van der Waals surface area contributed by atoms with Crippen LogP contribution in [0.1, 0.15) is 30.3 Å². The van der Waals surface area contributed by atoms with Gasteiger partial charge in [-0.05, 0) is 42.8 Å². The Balaban J connectivity index is 1.99. The smallest absolute Gasteiger partial charge is 0.274 e. The fourth-order valence-electron chi connectivity index (χ4n) is 2.14. The molecule has 2 rings (SSSR count). The largest absolute Gasteiger partial charge is 0.497 e. The van der Waals surface area contributed by atoms with Crippen LogP contribution in [0.2, 0.25) is 0 Å². The van der Waals surface area contributed by atoms with Gasteiger partial charge in [0.2, 0.25) is 0 Å². The Morgan fingerprint density at radius 2 is 1.96 bits per heavy atom. The average Bonchev–Trinajstić information content (AvgIpc) is 2.60. The van der Waals surface area contributed by atoms with Gasteiger partial charge in [0, 0.05) is 19.3 Å². The number of hydrogen-bond acceptors (Lipinski definition) is 4. The summed E-state index contributed by atoms with van der Waals surface area (Å²) in [5, 5.41) is 2.82. The van der Waals surface area contributed by atoms with E-state index >= 15 is 0 Å². The highest BCUT2D eigenvalue weighted by Crippen LogP contribution is 2.16. The number of nitrogens with one attached hydrogen (secondary N) is 1. The molecule has 0 bridgehead atoms. The van der Waals surface area contributed by atoms with E-state index in [1.165, 1.54) is 0 Å². The molecule has 5 nitrogen and oxygen atoms in total. The Kier molecular flexibility index (Phi) is 5.97. The first-order valence-corrected chi connectivity index (χ1v) is 7.76. The third-order valence-corrected chi connectivity index (χ3v) is 3.62. The Morgan fingerprint density at radius 1 is 1.22 bits per heavy atom. The molecule has 0 saturated heterocycles. The van der Waals surface area contributed by atoms with Gasteiger partial charge in [0.05, 0.1) is 19.0 Å². The molecule has 1 heterocycles. The molecule has 0 aliphatic carbocycles. The first kappa shape index (κ1) is 16.8. The van der Waals surface area contributed by atoms with Crippen LogP contribution in [0.25, 0.3) is 0 Å². The minimum Gasteiger partial charge on any atom is -0.497 e. The lowest BCUT2D eigenvalue weighted by molar-refractivity contribution is 0.102. The van der Waals surface area contributed by atoms with Crippen molar-refractivity contribution < 1.29 is 9.53 Å². The van der Waals surface area contributed by atoms with Crippen molar-refractivity contribution in [2.24, 2.45) is 0 Å². The zero-order chi connectivity index (χ0) is 16.7. The molecular formula is C18H23N3O2. The van der Waals surface area contributed by atoms with Crippen LogP contribution in [-0.4, -0.2) is 31.6 Å². The van der Waals surface area contributed by atoms with Crippen molar-refractivity contribution >= 4 is 17.3 Å². The third kappa shape index (κ3) is 4.71. The summed E-state index contributed by atoms with van der Waals surface area (Å²) in [6.45, 7) is 3.15. The van der Waals surface area contributed by atoms with E-state index < -0.39 is 0 Å². The number of unbranched alkanes of at least 4 members (excludes halogenated alkanes) is 1. The standard InChI is InChI=1S/C18H23N3O2/c1-4-5-12-21(2)15-8-11-17(19-13-15)18(22)20-14-6-9-16(23-3)10-7-14/h6-11,13H,4-5,12H2,1-3H3,(H,20,22). The van der Waals surface area contributed by atoms with Crippen molar-refractivity contribution in [3.05, 3.63) is 48.3 Å². The van der Waals surface area contributed by atoms with Crippen LogP contribution in [0.5, 0.6) is 5.75 Å². The van der Waals surface area contributed by atoms with Crippen molar-refractivity contribution in [2.45, 2.75) is 19.8 Å². The number of methoxy groups -OCH3 is 1. The molecule has 1 N–H and O–H groups in total. The van der Waals surface area contributed by atoms with Crippen LogP contribution in [0.15, 0.2) is 42.6 Å². The minimum atomic E-state index is -0.224. The Bertz CT molecular complexity index is 624. The molecule has 0 spiro atoms. The molecule has 1 amide bonds. The number of nitrogens with zero attached hydrogens (tertiary/aromatic N) is 2. The Morgan fingerprint density at radius 3 is 2.52 bits per heavy atom. The lowest BCUT2D eigenvalue weighted by Gasteiger charge is -2.18. The van der Waals surface area contributed by atoms with Crippen molar-refractivity contribution in [1.29, 1.82) is 0 Å². The van der Waals surface area contributed by atoms with Gasteiger partial charge in [0.15, 0.2) is 0 Å². The molecule has 5 heteroatoms. The first-order valence-electron chi connectivity index (χ1n) is 7.76. The van der Waals surface area contributed by atoms with E-state index in [0.717, 1.165) is 30.8 Å². The van der Waals surface area contributed by atoms with Crippen LogP contribution < -0.4 is 15.0 Å². The summed E-state index contributed by atoms with van der Waals surface area (Å²) in [5.74, 6) is 0.526. The molecule has 0 fully saturated rings. The molecule has 1 aromatic heterocycles. The topological polar surface area (TPSA) is 54.5 Å². The fourth-order valence-corrected chi connectivity index (χ4v) is 2.14. The molecule has 122 valence electrons. The number of ether oxygens (including phenoxy) is 1. The summed E-state index contributed by atoms with van der Waals surface area (Å²) in [6.07, 6.45) is 4.02. The number of carbonyl (C=O) groups excluding carboxylic acids is 1. The minimum absolute atomic E-state index is 0.224. The predicted octanol–water partition coefficient (Wildman–Crippen LogP) is 3.58. The van der Waals surface area contributed by atoms with Gasteiger partial charge in [0.1, 0.15) is 11.4 Å². The van der Waals surface area contributed by atoms with Gasteiger partial charge < -0.3 is 15.0 Å². The maximum atomic E-state index is 12.2. The zero-order valence-electron chi connectivity index (χ0n) is 13.9. The third-order valence-electron chi connectivity index (χ3n) is 3.62. The van der Waals surface area contributed by atoms with Crippen molar-refractivity contribution in [1.82, 2.24) is 4.98 Å². The first-order chi connectivity index (χ1) is 11.1. The monoisotopic (exact) mass is 313 g/mol. The van der Waals surface area contributed by atoms with E-state index in [4.69, 9.17) is 4.74 Å². The van der Waals surface area contributed by atoms with Gasteiger partial charge >= 0.3 is 0 Å². The molecule has 23 heavy (non-hydrogen) atoms. The van der Waals surface area contributed by atoms with Gasteiger partial charge in [0.25, 0.3) is 5.91 Å². The number of hydrogen-bond donors (Lipinski definition) is 1. The highest BCUT2D eigenvalue weighted by Gasteiger charge is 2.09. The van der Waals surface area contributed by atoms with Crippen molar-refractivity contribution in [3.8, 4) is 5.75 Å². The predicted molar refractivity (Wildman–Crippen MR) is 93.4 cm³/mol. The number of anilines is 2. The molecule has 0 atom stereocenters. The highest BCUT2D eigenvalue weighted by atomic mass is 16.5. The summed E-state index contributed by atoms with van der Waals surface area (Å²) in [5.41, 5.74) is 2.12. The molecular weight excluding hydrogens is 290 g/mol. The maximum absolute atomic E-state index is 12.2. The van der Waals surface area contributed by atoms with Crippen molar-refractivity contribution in [3.63, 3.8) is 0 Å². The molecule has 0 saturated carbocycles. The van der Waals surface area contributed by atoms with Gasteiger partial charge in [-0.3, -0.25) is 4.79 Å². The van der Waals surface area contributed by atoms with Gasteiger partial charge in [-0.25, -0.2) is 4.98 Å². The average molecular weight is 313 g/mol. The van der Waals surface area contributed by atoms with E-state index in [1.54, 1.807) is 43.6 Å². The SMILES string of the molecule is CCCCN(C)c1ccc(C(=O)Nc2ccc(OC)cc2)nc1. The number of pyridine rings is 1. The highest BCUT2D eigenvalue weighted by molar-refractivity contribution is 6.02.